The van der Waals surface area contributed by atoms with E-state index in [-0.39, 0.29) is 6.42 Å². The summed E-state index contributed by atoms with van der Waals surface area (Å²) in [5.74, 6) is -0.804. The summed E-state index contributed by atoms with van der Waals surface area (Å²) in [6, 6.07) is 3.88. The number of hydrogen-bond acceptors (Lipinski definition) is 3. The fraction of sp³-hybridized carbons (Fsp3) is 0.273. The molecule has 0 saturated heterocycles. The maximum Gasteiger partial charge on any atom is 0.303 e. The fourth-order valence-corrected chi connectivity index (χ4v) is 2.95. The molecule has 5 heteroatoms. The van der Waals surface area contributed by atoms with Crippen molar-refractivity contribution in [1.82, 2.24) is 4.98 Å². The van der Waals surface area contributed by atoms with Gasteiger partial charge in [0.05, 0.1) is 21.2 Å². The second-order valence-corrected chi connectivity index (χ2v) is 5.12. The molecule has 0 spiro atoms. The van der Waals surface area contributed by atoms with Gasteiger partial charge in [0.1, 0.15) is 5.52 Å². The van der Waals surface area contributed by atoms with Gasteiger partial charge in [-0.3, -0.25) is 4.79 Å². The van der Waals surface area contributed by atoms with Crippen LogP contribution in [-0.4, -0.2) is 16.1 Å². The van der Waals surface area contributed by atoms with Crippen LogP contribution in [-0.2, 0) is 11.2 Å². The van der Waals surface area contributed by atoms with Gasteiger partial charge in [0.15, 0.2) is 0 Å². The van der Waals surface area contributed by atoms with Crippen LogP contribution in [0.15, 0.2) is 12.1 Å². The molecule has 2 aromatic rings. The van der Waals surface area contributed by atoms with Gasteiger partial charge >= 0.3 is 5.97 Å². The van der Waals surface area contributed by atoms with Crippen molar-refractivity contribution in [2.45, 2.75) is 19.8 Å². The van der Waals surface area contributed by atoms with Gasteiger partial charge < -0.3 is 5.11 Å². The van der Waals surface area contributed by atoms with Crippen LogP contribution in [0.5, 0.6) is 0 Å². The summed E-state index contributed by atoms with van der Waals surface area (Å²) in [6.07, 6.45) is 0.570. The van der Waals surface area contributed by atoms with Crippen molar-refractivity contribution in [3.05, 3.63) is 27.7 Å². The number of carboxylic acid groups (broad SMARTS) is 1. The number of halogens is 1. The number of carboxylic acids is 1. The Morgan fingerprint density at radius 1 is 1.56 bits per heavy atom. The van der Waals surface area contributed by atoms with Gasteiger partial charge in [0, 0.05) is 6.42 Å². The van der Waals surface area contributed by atoms with Gasteiger partial charge in [0.2, 0.25) is 0 Å². The van der Waals surface area contributed by atoms with Gasteiger partial charge in [0.25, 0.3) is 0 Å². The van der Waals surface area contributed by atoms with Gasteiger partial charge in [-0.15, -0.1) is 11.3 Å². The predicted molar refractivity (Wildman–Crippen MR) is 65.3 cm³/mol. The van der Waals surface area contributed by atoms with Gasteiger partial charge in [-0.05, 0) is 24.6 Å². The second-order valence-electron chi connectivity index (χ2n) is 3.59. The lowest BCUT2D eigenvalue weighted by Crippen LogP contribution is -1.96. The van der Waals surface area contributed by atoms with Crippen LogP contribution in [0.3, 0.4) is 0 Å². The molecule has 0 aliphatic heterocycles. The van der Waals surface area contributed by atoms with E-state index in [9.17, 15) is 4.79 Å². The topological polar surface area (TPSA) is 50.2 Å². The van der Waals surface area contributed by atoms with E-state index in [4.69, 9.17) is 16.7 Å². The second kappa shape index (κ2) is 4.39. The normalized spacial score (nSPS) is 10.9. The Morgan fingerprint density at radius 2 is 2.31 bits per heavy atom. The zero-order valence-corrected chi connectivity index (χ0v) is 10.2. The number of aromatic nitrogens is 1. The van der Waals surface area contributed by atoms with Crippen LogP contribution >= 0.6 is 22.9 Å². The molecule has 0 fully saturated rings. The molecule has 1 aromatic heterocycles. The molecule has 0 aliphatic carbocycles. The van der Waals surface area contributed by atoms with Gasteiger partial charge in [-0.1, -0.05) is 11.6 Å². The molecular formula is C11H10ClNO2S. The van der Waals surface area contributed by atoms with E-state index < -0.39 is 5.97 Å². The average Bonchev–Trinajstić information content (AvgIpc) is 2.57. The molecule has 0 bridgehead atoms. The number of rotatable bonds is 3. The largest absolute Gasteiger partial charge is 0.481 e. The van der Waals surface area contributed by atoms with Crippen LogP contribution in [0.25, 0.3) is 10.2 Å². The quantitative estimate of drug-likeness (QED) is 0.916. The third-order valence-corrected chi connectivity index (χ3v) is 3.54. The van der Waals surface area contributed by atoms with Crippen molar-refractivity contribution in [3.63, 3.8) is 0 Å². The van der Waals surface area contributed by atoms with Crippen LogP contribution in [0.4, 0.5) is 0 Å². The lowest BCUT2D eigenvalue weighted by Gasteiger charge is -1.94. The molecule has 0 aliphatic rings. The molecule has 3 nitrogen and oxygen atoms in total. The van der Waals surface area contributed by atoms with Crippen molar-refractivity contribution in [1.29, 1.82) is 0 Å². The Hall–Kier alpha value is -1.13. The Morgan fingerprint density at radius 3 is 3.00 bits per heavy atom. The van der Waals surface area contributed by atoms with E-state index in [2.05, 4.69) is 4.98 Å². The number of aliphatic carboxylic acids is 1. The Bertz CT molecular complexity index is 550. The monoisotopic (exact) mass is 255 g/mol. The first kappa shape index (κ1) is 11.4. The molecule has 0 amide bonds. The van der Waals surface area contributed by atoms with E-state index in [1.807, 2.05) is 19.1 Å². The summed E-state index contributed by atoms with van der Waals surface area (Å²) >= 11 is 7.57. The third kappa shape index (κ3) is 2.33. The summed E-state index contributed by atoms with van der Waals surface area (Å²) in [5, 5.41) is 10.1. The van der Waals surface area contributed by atoms with E-state index in [1.165, 1.54) is 11.3 Å². The highest BCUT2D eigenvalue weighted by molar-refractivity contribution is 7.18. The zero-order valence-electron chi connectivity index (χ0n) is 8.66. The highest BCUT2D eigenvalue weighted by atomic mass is 35.5. The number of benzene rings is 1. The summed E-state index contributed by atoms with van der Waals surface area (Å²) in [7, 11) is 0. The van der Waals surface area contributed by atoms with Gasteiger partial charge in [-0.25, -0.2) is 4.98 Å². The first-order valence-electron chi connectivity index (χ1n) is 4.83. The molecule has 0 saturated carbocycles. The van der Waals surface area contributed by atoms with E-state index >= 15 is 0 Å². The van der Waals surface area contributed by atoms with E-state index in [0.29, 0.717) is 11.4 Å². The Kier molecular flexibility index (Phi) is 3.12. The highest BCUT2D eigenvalue weighted by Crippen LogP contribution is 2.29. The zero-order chi connectivity index (χ0) is 11.7. The third-order valence-electron chi connectivity index (χ3n) is 2.19. The van der Waals surface area contributed by atoms with Crippen LogP contribution < -0.4 is 0 Å². The molecule has 0 radical (unpaired) electrons. The Balaban J connectivity index is 2.36. The van der Waals surface area contributed by atoms with E-state index in [1.54, 1.807) is 0 Å². The van der Waals surface area contributed by atoms with Crippen molar-refractivity contribution in [3.8, 4) is 0 Å². The van der Waals surface area contributed by atoms with Crippen molar-refractivity contribution >= 4 is 39.1 Å². The maximum atomic E-state index is 10.5. The van der Waals surface area contributed by atoms with Crippen LogP contribution in [0.1, 0.15) is 17.0 Å². The average molecular weight is 256 g/mol. The molecule has 0 unspecified atom stereocenters. The maximum absolute atomic E-state index is 10.5. The Labute approximate surface area is 102 Å². The molecular weight excluding hydrogens is 246 g/mol. The minimum absolute atomic E-state index is 0.108. The van der Waals surface area contributed by atoms with Crippen LogP contribution in [0, 0.1) is 6.92 Å². The summed E-state index contributed by atoms with van der Waals surface area (Å²) in [6.45, 7) is 1.97. The van der Waals surface area contributed by atoms with Gasteiger partial charge in [-0.2, -0.15) is 0 Å². The molecule has 2 rings (SSSR count). The SMILES string of the molecule is Cc1cc(Cl)c2nc(CCC(=O)O)sc2c1. The minimum Gasteiger partial charge on any atom is -0.481 e. The lowest BCUT2D eigenvalue weighted by molar-refractivity contribution is -0.136. The summed E-state index contributed by atoms with van der Waals surface area (Å²) in [4.78, 5) is 14.8. The minimum atomic E-state index is -0.804. The van der Waals surface area contributed by atoms with Crippen molar-refractivity contribution in [2.24, 2.45) is 0 Å². The molecule has 1 aromatic carbocycles. The smallest absolute Gasteiger partial charge is 0.303 e. The summed E-state index contributed by atoms with van der Waals surface area (Å²) in [5.41, 5.74) is 1.86. The highest BCUT2D eigenvalue weighted by Gasteiger charge is 2.09. The fourth-order valence-electron chi connectivity index (χ4n) is 1.48. The molecule has 84 valence electrons. The number of nitrogens with zero attached hydrogens (tertiary/aromatic N) is 1. The number of fused-ring (bicyclic) bond motifs is 1. The standard InChI is InChI=1S/C11H10ClNO2S/c1-6-4-7(12)11-8(5-6)16-9(13-11)2-3-10(14)15/h4-5H,2-3H2,1H3,(H,14,15). The van der Waals surface area contributed by atoms with Crippen LogP contribution in [0.2, 0.25) is 5.02 Å². The first-order chi connectivity index (χ1) is 7.56. The molecule has 1 N–H and O–H groups in total. The lowest BCUT2D eigenvalue weighted by atomic mass is 10.2. The molecule has 1 heterocycles. The summed E-state index contributed by atoms with van der Waals surface area (Å²) < 4.78 is 1.02. The first-order valence-corrected chi connectivity index (χ1v) is 6.03. The number of hydrogen-bond donors (Lipinski definition) is 1. The molecule has 0 atom stereocenters. The van der Waals surface area contributed by atoms with Crippen molar-refractivity contribution in [2.75, 3.05) is 0 Å². The number of carbonyl (C=O) groups is 1. The predicted octanol–water partition coefficient (Wildman–Crippen LogP) is 3.28. The number of thiazole rings is 1. The van der Waals surface area contributed by atoms with Crippen molar-refractivity contribution < 1.29 is 9.90 Å². The van der Waals surface area contributed by atoms with E-state index in [0.717, 1.165) is 20.8 Å². The molecule has 16 heavy (non-hydrogen) atoms. The number of aryl methyl sites for hydroxylation is 2.